The second-order valence-electron chi connectivity index (χ2n) is 8.98. The van der Waals surface area contributed by atoms with Crippen LogP contribution in [0.15, 0.2) is 53.4 Å². The molecule has 0 radical (unpaired) electrons. The lowest BCUT2D eigenvalue weighted by atomic mass is 9.95. The molecule has 2 fully saturated rings. The molecular weight excluding hydrogens is 468 g/mol. The van der Waals surface area contributed by atoms with Crippen LogP contribution in [0.4, 0.5) is 5.69 Å². The van der Waals surface area contributed by atoms with Crippen molar-refractivity contribution >= 4 is 27.6 Å². The maximum atomic E-state index is 13.1. The standard InChI is InChI=1S/C26H32N2O6S/c1-3-33-22-11-13-23(14-12-22)35(31,32)28-17-5-6-19(18-28)24(29)27-21-9-7-20(8-10-21)26(15-16-26)25(30)34-4-2/h7-14,19H,3-6,15-18H2,1-2H3,(H,27,29). The van der Waals surface area contributed by atoms with Gasteiger partial charge in [-0.25, -0.2) is 8.42 Å². The minimum atomic E-state index is -3.71. The highest BCUT2D eigenvalue weighted by atomic mass is 32.2. The number of nitrogens with one attached hydrogen (secondary N) is 1. The lowest BCUT2D eigenvalue weighted by Gasteiger charge is -2.31. The number of hydrogen-bond donors (Lipinski definition) is 1. The molecular formula is C26H32N2O6S. The first-order valence-corrected chi connectivity index (χ1v) is 13.6. The van der Waals surface area contributed by atoms with Crippen LogP contribution in [0.2, 0.25) is 0 Å². The Bertz CT molecular complexity index is 1160. The fraction of sp³-hybridized carbons (Fsp3) is 0.462. The van der Waals surface area contributed by atoms with Crippen LogP contribution in [0.25, 0.3) is 0 Å². The maximum Gasteiger partial charge on any atom is 0.316 e. The Morgan fingerprint density at radius 1 is 1.03 bits per heavy atom. The summed E-state index contributed by atoms with van der Waals surface area (Å²) < 4.78 is 38.3. The molecule has 1 heterocycles. The smallest absolute Gasteiger partial charge is 0.316 e. The van der Waals surface area contributed by atoms with Crippen molar-refractivity contribution in [3.63, 3.8) is 0 Å². The largest absolute Gasteiger partial charge is 0.494 e. The van der Waals surface area contributed by atoms with Gasteiger partial charge >= 0.3 is 5.97 Å². The van der Waals surface area contributed by atoms with Crippen molar-refractivity contribution in [1.29, 1.82) is 0 Å². The summed E-state index contributed by atoms with van der Waals surface area (Å²) in [4.78, 5) is 25.5. The Balaban J connectivity index is 1.39. The Morgan fingerprint density at radius 2 is 1.71 bits per heavy atom. The quantitative estimate of drug-likeness (QED) is 0.527. The predicted molar refractivity (Wildman–Crippen MR) is 132 cm³/mol. The van der Waals surface area contributed by atoms with Crippen LogP contribution in [0.5, 0.6) is 5.75 Å². The van der Waals surface area contributed by atoms with Crippen LogP contribution < -0.4 is 10.1 Å². The molecule has 1 unspecified atom stereocenters. The number of amides is 1. The first-order chi connectivity index (χ1) is 16.8. The van der Waals surface area contributed by atoms with Gasteiger partial charge in [-0.05, 0) is 81.5 Å². The van der Waals surface area contributed by atoms with E-state index in [-0.39, 0.29) is 23.3 Å². The second kappa shape index (κ2) is 10.4. The normalized spacial score (nSPS) is 19.5. The summed E-state index contributed by atoms with van der Waals surface area (Å²) in [6, 6.07) is 13.6. The molecule has 0 spiro atoms. The first kappa shape index (κ1) is 25.2. The van der Waals surface area contributed by atoms with Gasteiger partial charge in [-0.1, -0.05) is 12.1 Å². The number of piperidine rings is 1. The van der Waals surface area contributed by atoms with Crippen LogP contribution in [0.3, 0.4) is 0 Å². The van der Waals surface area contributed by atoms with Gasteiger partial charge in [-0.3, -0.25) is 9.59 Å². The average Bonchev–Trinajstić information content (AvgIpc) is 3.68. The molecule has 1 aliphatic carbocycles. The third kappa shape index (κ3) is 5.36. The van der Waals surface area contributed by atoms with Gasteiger partial charge in [0.25, 0.3) is 0 Å². The molecule has 188 valence electrons. The van der Waals surface area contributed by atoms with Crippen molar-refractivity contribution in [2.75, 3.05) is 31.6 Å². The molecule has 1 saturated carbocycles. The van der Waals surface area contributed by atoms with Crippen LogP contribution in [0, 0.1) is 5.92 Å². The van der Waals surface area contributed by atoms with Gasteiger partial charge in [0.2, 0.25) is 15.9 Å². The van der Waals surface area contributed by atoms with E-state index in [9.17, 15) is 18.0 Å². The van der Waals surface area contributed by atoms with Crippen LogP contribution in [-0.2, 0) is 29.8 Å². The number of nitrogens with zero attached hydrogens (tertiary/aromatic N) is 1. The van der Waals surface area contributed by atoms with Crippen molar-refractivity contribution in [1.82, 2.24) is 4.31 Å². The fourth-order valence-corrected chi connectivity index (χ4v) is 6.04. The van der Waals surface area contributed by atoms with E-state index in [0.717, 1.165) is 18.4 Å². The van der Waals surface area contributed by atoms with Gasteiger partial charge in [0.15, 0.2) is 0 Å². The zero-order chi connectivity index (χ0) is 25.1. The van der Waals surface area contributed by atoms with Crippen LogP contribution >= 0.6 is 0 Å². The molecule has 1 amide bonds. The number of hydrogen-bond acceptors (Lipinski definition) is 6. The number of rotatable bonds is 9. The lowest BCUT2D eigenvalue weighted by Crippen LogP contribution is -2.43. The van der Waals surface area contributed by atoms with Gasteiger partial charge in [-0.2, -0.15) is 4.31 Å². The number of ether oxygens (including phenoxy) is 2. The molecule has 9 heteroatoms. The number of carbonyl (C=O) groups excluding carboxylic acids is 2. The van der Waals surface area contributed by atoms with Crippen molar-refractivity contribution < 1.29 is 27.5 Å². The average molecular weight is 501 g/mol. The van der Waals surface area contributed by atoms with Gasteiger partial charge in [-0.15, -0.1) is 0 Å². The molecule has 2 aromatic carbocycles. The number of benzene rings is 2. The monoisotopic (exact) mass is 500 g/mol. The third-order valence-corrected chi connectivity index (χ3v) is 8.53. The Labute approximate surface area is 206 Å². The summed E-state index contributed by atoms with van der Waals surface area (Å²) in [7, 11) is -3.71. The van der Waals surface area contributed by atoms with Crippen molar-refractivity contribution in [2.24, 2.45) is 5.92 Å². The molecule has 0 aromatic heterocycles. The highest BCUT2D eigenvalue weighted by Gasteiger charge is 2.52. The lowest BCUT2D eigenvalue weighted by molar-refractivity contribution is -0.146. The number of anilines is 1. The summed E-state index contributed by atoms with van der Waals surface area (Å²) in [5.41, 5.74) is 0.946. The molecule has 35 heavy (non-hydrogen) atoms. The molecule has 1 saturated heterocycles. The molecule has 2 aliphatic rings. The molecule has 2 aromatic rings. The Kier molecular flexibility index (Phi) is 7.47. The van der Waals surface area contributed by atoms with E-state index < -0.39 is 21.4 Å². The zero-order valence-electron chi connectivity index (χ0n) is 20.2. The summed E-state index contributed by atoms with van der Waals surface area (Å²) in [5.74, 6) is -0.248. The van der Waals surface area contributed by atoms with Gasteiger partial charge in [0.1, 0.15) is 5.75 Å². The Hall–Kier alpha value is -2.91. The van der Waals surface area contributed by atoms with E-state index in [0.29, 0.717) is 44.0 Å². The van der Waals surface area contributed by atoms with E-state index in [1.54, 1.807) is 31.2 Å². The highest BCUT2D eigenvalue weighted by molar-refractivity contribution is 7.89. The summed E-state index contributed by atoms with van der Waals surface area (Å²) in [6.07, 6.45) is 2.75. The molecule has 1 aliphatic heterocycles. The van der Waals surface area contributed by atoms with E-state index in [4.69, 9.17) is 9.47 Å². The number of sulfonamides is 1. The first-order valence-electron chi connectivity index (χ1n) is 12.1. The summed E-state index contributed by atoms with van der Waals surface area (Å²) >= 11 is 0. The van der Waals surface area contributed by atoms with Crippen LogP contribution in [0.1, 0.15) is 45.1 Å². The Morgan fingerprint density at radius 3 is 2.31 bits per heavy atom. The molecule has 1 N–H and O–H groups in total. The van der Waals surface area contributed by atoms with E-state index in [1.165, 1.54) is 16.4 Å². The SMILES string of the molecule is CCOC(=O)C1(c2ccc(NC(=O)C3CCCN(S(=O)(=O)c4ccc(OCC)cc4)C3)cc2)CC1. The third-order valence-electron chi connectivity index (χ3n) is 6.65. The molecule has 8 nitrogen and oxygen atoms in total. The van der Waals surface area contributed by atoms with Crippen molar-refractivity contribution in [3.05, 3.63) is 54.1 Å². The minimum Gasteiger partial charge on any atom is -0.494 e. The summed E-state index contributed by atoms with van der Waals surface area (Å²) in [6.45, 7) is 5.02. The van der Waals surface area contributed by atoms with E-state index >= 15 is 0 Å². The van der Waals surface area contributed by atoms with E-state index in [2.05, 4.69) is 5.32 Å². The fourth-order valence-electron chi connectivity index (χ4n) is 4.52. The van der Waals surface area contributed by atoms with Crippen molar-refractivity contribution in [2.45, 2.75) is 49.8 Å². The van der Waals surface area contributed by atoms with Crippen molar-refractivity contribution in [3.8, 4) is 5.75 Å². The predicted octanol–water partition coefficient (Wildman–Crippen LogP) is 3.72. The van der Waals surface area contributed by atoms with Gasteiger partial charge < -0.3 is 14.8 Å². The summed E-state index contributed by atoms with van der Waals surface area (Å²) in [5, 5.41) is 2.91. The highest BCUT2D eigenvalue weighted by Crippen LogP contribution is 2.49. The molecule has 0 bridgehead atoms. The second-order valence-corrected chi connectivity index (χ2v) is 10.9. The van der Waals surface area contributed by atoms with E-state index in [1.807, 2.05) is 19.1 Å². The van der Waals surface area contributed by atoms with Gasteiger partial charge in [0, 0.05) is 18.8 Å². The van der Waals surface area contributed by atoms with Crippen LogP contribution in [-0.4, -0.2) is 50.9 Å². The minimum absolute atomic E-state index is 0.130. The maximum absolute atomic E-state index is 13.1. The molecule has 1 atom stereocenters. The topological polar surface area (TPSA) is 102 Å². The van der Waals surface area contributed by atoms with Gasteiger partial charge in [0.05, 0.1) is 29.4 Å². The zero-order valence-corrected chi connectivity index (χ0v) is 21.0. The molecule has 4 rings (SSSR count). The number of esters is 1. The number of carbonyl (C=O) groups is 2.